The van der Waals surface area contributed by atoms with Crippen LogP contribution in [0, 0.1) is 0 Å². The van der Waals surface area contributed by atoms with Gasteiger partial charge in [0.25, 0.3) is 0 Å². The first-order chi connectivity index (χ1) is 8.11. The number of imide groups is 1. The second-order valence-corrected chi connectivity index (χ2v) is 4.66. The number of amides is 3. The first-order valence-electron chi connectivity index (χ1n) is 5.56. The normalized spacial score (nSPS) is 11.9. The van der Waals surface area contributed by atoms with Crippen molar-refractivity contribution >= 4 is 23.7 Å². The third-order valence-corrected chi connectivity index (χ3v) is 3.07. The third-order valence-electron chi connectivity index (χ3n) is 2.00. The van der Waals surface area contributed by atoms with Crippen molar-refractivity contribution in [2.45, 2.75) is 19.4 Å². The van der Waals surface area contributed by atoms with E-state index in [-0.39, 0.29) is 12.5 Å². The Morgan fingerprint density at radius 2 is 2.06 bits per heavy atom. The Morgan fingerprint density at radius 3 is 2.65 bits per heavy atom. The van der Waals surface area contributed by atoms with Gasteiger partial charge in [-0.3, -0.25) is 10.1 Å². The van der Waals surface area contributed by atoms with Crippen LogP contribution in [0.5, 0.6) is 0 Å². The van der Waals surface area contributed by atoms with Gasteiger partial charge in [-0.1, -0.05) is 0 Å². The lowest BCUT2D eigenvalue weighted by Gasteiger charge is -2.12. The van der Waals surface area contributed by atoms with E-state index in [1.807, 2.05) is 0 Å². The molecule has 0 aromatic carbocycles. The van der Waals surface area contributed by atoms with Crippen molar-refractivity contribution < 1.29 is 14.7 Å². The van der Waals surface area contributed by atoms with Crippen LogP contribution in [-0.2, 0) is 4.79 Å². The van der Waals surface area contributed by atoms with Crippen molar-refractivity contribution in [2.75, 3.05) is 31.7 Å². The molecule has 100 valence electrons. The number of carbonyl (C=O) groups excluding carboxylic acids is 2. The second-order valence-electron chi connectivity index (χ2n) is 3.43. The highest BCUT2D eigenvalue weighted by molar-refractivity contribution is 7.99. The predicted molar refractivity (Wildman–Crippen MR) is 69.1 cm³/mol. The highest BCUT2D eigenvalue weighted by Gasteiger charge is 2.13. The van der Waals surface area contributed by atoms with E-state index >= 15 is 0 Å². The third kappa shape index (κ3) is 8.96. The molecule has 0 aliphatic heterocycles. The molecule has 0 rings (SSSR count). The SMILES string of the molecule is CNC(=O)NC(=O)C(C)NCCSCCCO. The van der Waals surface area contributed by atoms with E-state index in [4.69, 9.17) is 5.11 Å². The van der Waals surface area contributed by atoms with E-state index < -0.39 is 12.1 Å². The molecule has 7 heteroatoms. The maximum Gasteiger partial charge on any atom is 0.321 e. The Labute approximate surface area is 106 Å². The minimum absolute atomic E-state index is 0.214. The molecule has 0 saturated carbocycles. The van der Waals surface area contributed by atoms with Crippen LogP contribution in [0.4, 0.5) is 4.79 Å². The molecule has 6 nitrogen and oxygen atoms in total. The summed E-state index contributed by atoms with van der Waals surface area (Å²) in [5.74, 6) is 1.44. The van der Waals surface area contributed by atoms with Crippen LogP contribution in [0.25, 0.3) is 0 Å². The van der Waals surface area contributed by atoms with Gasteiger partial charge in [-0.25, -0.2) is 4.79 Å². The van der Waals surface area contributed by atoms with Gasteiger partial charge in [0.2, 0.25) is 5.91 Å². The van der Waals surface area contributed by atoms with Crippen molar-refractivity contribution in [1.82, 2.24) is 16.0 Å². The molecule has 1 atom stereocenters. The van der Waals surface area contributed by atoms with Gasteiger partial charge in [-0.2, -0.15) is 11.8 Å². The summed E-state index contributed by atoms with van der Waals surface area (Å²) in [6.45, 7) is 2.61. The number of hydrogen-bond donors (Lipinski definition) is 4. The monoisotopic (exact) mass is 263 g/mol. The van der Waals surface area contributed by atoms with E-state index in [0.717, 1.165) is 17.9 Å². The molecule has 0 aromatic heterocycles. The van der Waals surface area contributed by atoms with Gasteiger partial charge in [-0.15, -0.1) is 0 Å². The van der Waals surface area contributed by atoms with Crippen LogP contribution in [0.2, 0.25) is 0 Å². The van der Waals surface area contributed by atoms with Gasteiger partial charge < -0.3 is 15.7 Å². The van der Waals surface area contributed by atoms with Gasteiger partial charge >= 0.3 is 6.03 Å². The summed E-state index contributed by atoms with van der Waals surface area (Å²) < 4.78 is 0. The highest BCUT2D eigenvalue weighted by atomic mass is 32.2. The number of nitrogens with one attached hydrogen (secondary N) is 3. The van der Waals surface area contributed by atoms with E-state index in [2.05, 4.69) is 16.0 Å². The van der Waals surface area contributed by atoms with Crippen LogP contribution >= 0.6 is 11.8 Å². The summed E-state index contributed by atoms with van der Waals surface area (Å²) in [5.41, 5.74) is 0. The Morgan fingerprint density at radius 1 is 1.35 bits per heavy atom. The second kappa shape index (κ2) is 10.4. The quantitative estimate of drug-likeness (QED) is 0.445. The van der Waals surface area contributed by atoms with Crippen molar-refractivity contribution in [2.24, 2.45) is 0 Å². The molecule has 4 N–H and O–H groups in total. The van der Waals surface area contributed by atoms with E-state index in [9.17, 15) is 9.59 Å². The Balaban J connectivity index is 3.54. The molecule has 0 aromatic rings. The largest absolute Gasteiger partial charge is 0.396 e. The van der Waals surface area contributed by atoms with Gasteiger partial charge in [0.1, 0.15) is 0 Å². The Bertz CT molecular complexity index is 239. The topological polar surface area (TPSA) is 90.5 Å². The van der Waals surface area contributed by atoms with Gasteiger partial charge in [0.05, 0.1) is 6.04 Å². The molecule has 0 saturated heterocycles. The van der Waals surface area contributed by atoms with Gasteiger partial charge in [-0.05, 0) is 19.1 Å². The van der Waals surface area contributed by atoms with Crippen LogP contribution in [0.3, 0.4) is 0 Å². The molecule has 0 fully saturated rings. The molecule has 0 bridgehead atoms. The van der Waals surface area contributed by atoms with Crippen LogP contribution < -0.4 is 16.0 Å². The zero-order valence-corrected chi connectivity index (χ0v) is 11.1. The predicted octanol–water partition coefficient (Wildman–Crippen LogP) is -0.464. The van der Waals surface area contributed by atoms with Crippen LogP contribution in [-0.4, -0.2) is 54.8 Å². The first kappa shape index (κ1) is 16.2. The maximum atomic E-state index is 11.4. The van der Waals surface area contributed by atoms with Gasteiger partial charge in [0, 0.05) is 26.0 Å². The molecule has 0 spiro atoms. The molecule has 1 unspecified atom stereocenters. The summed E-state index contributed by atoms with van der Waals surface area (Å²) in [4.78, 5) is 22.3. The minimum Gasteiger partial charge on any atom is -0.396 e. The molecule has 3 amide bonds. The molecular weight excluding hydrogens is 242 g/mol. The fourth-order valence-electron chi connectivity index (χ4n) is 0.992. The standard InChI is InChI=1S/C10H21N3O3S/c1-8(9(15)13-10(16)11-2)12-4-7-17-6-3-5-14/h8,12,14H,3-7H2,1-2H3,(H2,11,13,15,16). The number of thioether (sulfide) groups is 1. The summed E-state index contributed by atoms with van der Waals surface area (Å²) in [6.07, 6.45) is 0.789. The Hall–Kier alpha value is -0.790. The van der Waals surface area contributed by atoms with E-state index in [1.165, 1.54) is 7.05 Å². The number of aliphatic hydroxyl groups is 1. The molecule has 0 aliphatic carbocycles. The average molecular weight is 263 g/mol. The van der Waals surface area contributed by atoms with E-state index in [1.54, 1.807) is 18.7 Å². The number of hydrogen-bond acceptors (Lipinski definition) is 5. The van der Waals surface area contributed by atoms with Gasteiger partial charge in [0.15, 0.2) is 0 Å². The number of carbonyl (C=O) groups is 2. The molecule has 0 radical (unpaired) electrons. The number of urea groups is 1. The maximum absolute atomic E-state index is 11.4. The summed E-state index contributed by atoms with van der Waals surface area (Å²) >= 11 is 1.72. The lowest BCUT2D eigenvalue weighted by Crippen LogP contribution is -2.47. The molecule has 17 heavy (non-hydrogen) atoms. The number of rotatable bonds is 8. The van der Waals surface area contributed by atoms with Crippen LogP contribution in [0.15, 0.2) is 0 Å². The smallest absolute Gasteiger partial charge is 0.321 e. The van der Waals surface area contributed by atoms with Crippen molar-refractivity contribution in [3.05, 3.63) is 0 Å². The van der Waals surface area contributed by atoms with Crippen molar-refractivity contribution in [1.29, 1.82) is 0 Å². The zero-order chi connectivity index (χ0) is 13.1. The van der Waals surface area contributed by atoms with Crippen LogP contribution in [0.1, 0.15) is 13.3 Å². The van der Waals surface area contributed by atoms with Crippen molar-refractivity contribution in [3.63, 3.8) is 0 Å². The first-order valence-corrected chi connectivity index (χ1v) is 6.71. The molecule has 0 heterocycles. The molecular formula is C10H21N3O3S. The minimum atomic E-state index is -0.499. The zero-order valence-electron chi connectivity index (χ0n) is 10.3. The van der Waals surface area contributed by atoms with Crippen molar-refractivity contribution in [3.8, 4) is 0 Å². The fourth-order valence-corrected chi connectivity index (χ4v) is 1.79. The average Bonchev–Trinajstić information content (AvgIpc) is 2.32. The highest BCUT2D eigenvalue weighted by Crippen LogP contribution is 2.00. The lowest BCUT2D eigenvalue weighted by molar-refractivity contribution is -0.121. The summed E-state index contributed by atoms with van der Waals surface area (Å²) in [6, 6.07) is -0.897. The summed E-state index contributed by atoms with van der Waals surface area (Å²) in [7, 11) is 1.46. The lowest BCUT2D eigenvalue weighted by atomic mass is 10.3. The van der Waals surface area contributed by atoms with E-state index in [0.29, 0.717) is 6.54 Å². The number of aliphatic hydroxyl groups excluding tert-OH is 1. The fraction of sp³-hybridized carbons (Fsp3) is 0.800. The Kier molecular flexibility index (Phi) is 9.89. The summed E-state index contributed by atoms with van der Waals surface area (Å²) in [5, 5.41) is 16.1. The molecule has 0 aliphatic rings.